The van der Waals surface area contributed by atoms with Crippen LogP contribution in [-0.2, 0) is 11.5 Å². The fourth-order valence-corrected chi connectivity index (χ4v) is 6.25. The fraction of sp³-hybridized carbons (Fsp3) is 0.429. The molecular formula is C28H33FN6O3S. The quantitative estimate of drug-likeness (QED) is 0.402. The van der Waals surface area contributed by atoms with Crippen molar-refractivity contribution in [1.29, 1.82) is 0 Å². The van der Waals surface area contributed by atoms with Crippen LogP contribution in [0.25, 0.3) is 0 Å². The number of piperidine rings is 1. The Morgan fingerprint density at radius 3 is 2.33 bits per heavy atom. The second kappa shape index (κ2) is 11.7. The molecule has 39 heavy (non-hydrogen) atoms. The maximum atomic E-state index is 13.1. The molecule has 4 heterocycles. The third-order valence-electron chi connectivity index (χ3n) is 7.54. The topological polar surface area (TPSA) is 97.3 Å². The molecule has 2 N–H and O–H groups in total. The first kappa shape index (κ1) is 27.0. The monoisotopic (exact) mass is 552 g/mol. The summed E-state index contributed by atoms with van der Waals surface area (Å²) in [6.07, 6.45) is 4.52. The Morgan fingerprint density at radius 2 is 1.67 bits per heavy atom. The number of thiophene rings is 1. The lowest BCUT2D eigenvalue weighted by Gasteiger charge is -2.36. The standard InChI is InChI=1S/C28H33FN6O3S/c1-18(25-19(2)32-35(28(25)38)22-7-5-20(17-29)6-8-22)30-31-26(36)23-9-10-24(39-23)27(37)34-15-11-21(12-16-34)33-13-3-4-14-33/h5-10,21,30H,3-4,11-17H2,1-2H3,(H,31,36)/b25-18-. The summed E-state index contributed by atoms with van der Waals surface area (Å²) in [7, 11) is 0. The zero-order chi connectivity index (χ0) is 27.5. The van der Waals surface area contributed by atoms with Gasteiger partial charge in [0.25, 0.3) is 17.7 Å². The van der Waals surface area contributed by atoms with Crippen molar-refractivity contribution in [3.05, 3.63) is 63.0 Å². The van der Waals surface area contributed by atoms with Gasteiger partial charge in [0.05, 0.1) is 26.7 Å². The number of halogens is 1. The van der Waals surface area contributed by atoms with Gasteiger partial charge in [-0.2, -0.15) is 10.1 Å². The molecule has 2 fully saturated rings. The highest BCUT2D eigenvalue weighted by Crippen LogP contribution is 2.26. The van der Waals surface area contributed by atoms with E-state index in [0.717, 1.165) is 37.3 Å². The van der Waals surface area contributed by atoms with Crippen LogP contribution >= 0.6 is 11.3 Å². The predicted molar refractivity (Wildman–Crippen MR) is 149 cm³/mol. The SMILES string of the molecule is CC1=NN(c2ccc(CF)cc2)C(=O)/C1=C(/C)NNC(=O)c1ccc(C(=O)N2CCC(N3CCCC3)CC2)s1. The third kappa shape index (κ3) is 5.74. The van der Waals surface area contributed by atoms with Crippen molar-refractivity contribution < 1.29 is 18.8 Å². The summed E-state index contributed by atoms with van der Waals surface area (Å²) in [5.74, 6) is -0.782. The lowest BCUT2D eigenvalue weighted by molar-refractivity contribution is -0.114. The molecule has 9 nitrogen and oxygen atoms in total. The molecule has 11 heteroatoms. The number of hydrazine groups is 1. The summed E-state index contributed by atoms with van der Waals surface area (Å²) in [4.78, 5) is 44.3. The molecular weight excluding hydrogens is 519 g/mol. The average Bonchev–Trinajstić information content (AvgIpc) is 3.72. The van der Waals surface area contributed by atoms with Gasteiger partial charge in [-0.15, -0.1) is 11.3 Å². The normalized spacial score (nSPS) is 19.9. The molecule has 0 unspecified atom stereocenters. The number of nitrogens with one attached hydrogen (secondary N) is 2. The van der Waals surface area contributed by atoms with Gasteiger partial charge < -0.3 is 15.2 Å². The average molecular weight is 553 g/mol. The molecule has 0 bridgehead atoms. The summed E-state index contributed by atoms with van der Waals surface area (Å²) < 4.78 is 12.8. The first-order chi connectivity index (χ1) is 18.9. The minimum atomic E-state index is -0.582. The van der Waals surface area contributed by atoms with Gasteiger partial charge in [0.2, 0.25) is 0 Å². The molecule has 5 rings (SSSR count). The summed E-state index contributed by atoms with van der Waals surface area (Å²) in [5.41, 5.74) is 7.75. The first-order valence-electron chi connectivity index (χ1n) is 13.3. The molecule has 2 aromatic rings. The summed E-state index contributed by atoms with van der Waals surface area (Å²) in [6.45, 7) is 6.61. The smallest absolute Gasteiger partial charge is 0.282 e. The number of rotatable bonds is 7. The van der Waals surface area contributed by atoms with Gasteiger partial charge in [0.1, 0.15) is 6.67 Å². The van der Waals surface area contributed by atoms with Gasteiger partial charge in [-0.25, -0.2) is 4.39 Å². The van der Waals surface area contributed by atoms with Crippen LogP contribution in [0.4, 0.5) is 10.1 Å². The number of likely N-dealkylation sites (tertiary alicyclic amines) is 2. The summed E-state index contributed by atoms with van der Waals surface area (Å²) in [6, 6.07) is 10.4. The van der Waals surface area contributed by atoms with Crippen LogP contribution in [0.2, 0.25) is 0 Å². The minimum absolute atomic E-state index is 0.0341. The Bertz CT molecular complexity index is 1310. The number of hydrogen-bond donors (Lipinski definition) is 2. The van der Waals surface area contributed by atoms with Gasteiger partial charge in [0, 0.05) is 24.8 Å². The Kier molecular flexibility index (Phi) is 8.08. The molecule has 3 aliphatic heterocycles. The molecule has 1 aromatic carbocycles. The lowest BCUT2D eigenvalue weighted by Crippen LogP contribution is -2.45. The number of benzene rings is 1. The second-order valence-corrected chi connectivity index (χ2v) is 11.2. The molecule has 0 radical (unpaired) electrons. The van der Waals surface area contributed by atoms with E-state index in [1.807, 2.05) is 4.90 Å². The van der Waals surface area contributed by atoms with Crippen molar-refractivity contribution in [2.75, 3.05) is 31.2 Å². The van der Waals surface area contributed by atoms with E-state index in [4.69, 9.17) is 0 Å². The molecule has 0 saturated carbocycles. The van der Waals surface area contributed by atoms with Crippen LogP contribution in [0, 0.1) is 0 Å². The highest BCUT2D eigenvalue weighted by atomic mass is 32.1. The Hall–Kier alpha value is -3.57. The van der Waals surface area contributed by atoms with Gasteiger partial charge in [-0.1, -0.05) is 12.1 Å². The van der Waals surface area contributed by atoms with E-state index in [1.165, 1.54) is 30.9 Å². The second-order valence-electron chi connectivity index (χ2n) is 10.1. The number of hydrogen-bond acceptors (Lipinski definition) is 7. The number of alkyl halides is 1. The molecule has 2 saturated heterocycles. The van der Waals surface area contributed by atoms with Crippen LogP contribution in [0.15, 0.2) is 52.8 Å². The largest absolute Gasteiger partial charge is 0.338 e. The van der Waals surface area contributed by atoms with E-state index in [0.29, 0.717) is 44.0 Å². The highest BCUT2D eigenvalue weighted by Gasteiger charge is 2.31. The molecule has 0 aliphatic carbocycles. The number of carbonyl (C=O) groups excluding carboxylic acids is 3. The molecule has 0 spiro atoms. The van der Waals surface area contributed by atoms with Crippen molar-refractivity contribution >= 4 is 40.5 Å². The maximum Gasteiger partial charge on any atom is 0.282 e. The van der Waals surface area contributed by atoms with Gasteiger partial charge >= 0.3 is 0 Å². The molecule has 0 atom stereocenters. The lowest BCUT2D eigenvalue weighted by atomic mass is 10.0. The predicted octanol–water partition coefficient (Wildman–Crippen LogP) is 3.85. The van der Waals surface area contributed by atoms with E-state index in [9.17, 15) is 18.8 Å². The third-order valence-corrected chi connectivity index (χ3v) is 8.61. The van der Waals surface area contributed by atoms with Crippen molar-refractivity contribution in [2.45, 2.75) is 52.2 Å². The Morgan fingerprint density at radius 1 is 1.00 bits per heavy atom. The molecule has 206 valence electrons. The number of hydrazone groups is 1. The molecule has 3 amide bonds. The number of carbonyl (C=O) groups is 3. The Balaban J connectivity index is 1.16. The van der Waals surface area contributed by atoms with Crippen LogP contribution in [-0.4, -0.2) is 65.5 Å². The van der Waals surface area contributed by atoms with Crippen LogP contribution in [0.1, 0.15) is 64.4 Å². The van der Waals surface area contributed by atoms with Crippen LogP contribution < -0.4 is 15.9 Å². The summed E-state index contributed by atoms with van der Waals surface area (Å²) in [5, 5.41) is 5.59. The highest BCUT2D eigenvalue weighted by molar-refractivity contribution is 7.15. The molecule has 1 aromatic heterocycles. The van der Waals surface area contributed by atoms with E-state index in [2.05, 4.69) is 20.9 Å². The number of allylic oxidation sites excluding steroid dienone is 1. The van der Waals surface area contributed by atoms with E-state index in [-0.39, 0.29) is 11.8 Å². The van der Waals surface area contributed by atoms with Crippen molar-refractivity contribution in [2.24, 2.45) is 5.10 Å². The van der Waals surface area contributed by atoms with Crippen molar-refractivity contribution in [3.63, 3.8) is 0 Å². The van der Waals surface area contributed by atoms with Gasteiger partial charge in [-0.05, 0) is 82.4 Å². The number of anilines is 1. The van der Waals surface area contributed by atoms with Crippen LogP contribution in [0.5, 0.6) is 0 Å². The maximum absolute atomic E-state index is 13.1. The van der Waals surface area contributed by atoms with Gasteiger partial charge in [-0.3, -0.25) is 19.8 Å². The van der Waals surface area contributed by atoms with Crippen LogP contribution in [0.3, 0.4) is 0 Å². The van der Waals surface area contributed by atoms with E-state index < -0.39 is 12.6 Å². The molecule has 3 aliphatic rings. The number of nitrogens with zero attached hydrogens (tertiary/aromatic N) is 4. The van der Waals surface area contributed by atoms with Gasteiger partial charge in [0.15, 0.2) is 0 Å². The van der Waals surface area contributed by atoms with Crippen molar-refractivity contribution in [3.8, 4) is 0 Å². The zero-order valence-electron chi connectivity index (χ0n) is 22.2. The van der Waals surface area contributed by atoms with E-state index in [1.54, 1.807) is 50.2 Å². The van der Waals surface area contributed by atoms with Crippen molar-refractivity contribution in [1.82, 2.24) is 20.7 Å². The number of amides is 3. The first-order valence-corrected chi connectivity index (χ1v) is 14.1. The zero-order valence-corrected chi connectivity index (χ0v) is 23.0. The fourth-order valence-electron chi connectivity index (χ4n) is 5.39. The van der Waals surface area contributed by atoms with E-state index >= 15 is 0 Å². The minimum Gasteiger partial charge on any atom is -0.338 e. The Labute approximate surface area is 231 Å². The summed E-state index contributed by atoms with van der Waals surface area (Å²) >= 11 is 1.16.